The zero-order valence-electron chi connectivity index (χ0n) is 10.5. The van der Waals surface area contributed by atoms with Gasteiger partial charge in [0, 0.05) is 51.1 Å². The summed E-state index contributed by atoms with van der Waals surface area (Å²) in [5.74, 6) is -0.168. The predicted molar refractivity (Wildman–Crippen MR) is 67.3 cm³/mol. The number of rotatable bonds is 8. The third kappa shape index (κ3) is 5.54. The monoisotopic (exact) mass is 250 g/mol. The van der Waals surface area contributed by atoms with E-state index in [9.17, 15) is 9.59 Å². The minimum absolute atomic E-state index is 0.0601. The molecule has 0 aliphatic carbocycles. The fourth-order valence-corrected chi connectivity index (χ4v) is 1.43. The standard InChI is InChI=1S/C13H18N2O3/c1-18-9-3-8-15-13(17)6-5-12(16)11-4-2-7-14-10-11/h2,4,7,10H,3,5-6,8-9H2,1H3,(H,15,17). The molecule has 1 aromatic heterocycles. The van der Waals surface area contributed by atoms with E-state index in [1.165, 1.54) is 6.20 Å². The summed E-state index contributed by atoms with van der Waals surface area (Å²) in [6.45, 7) is 1.20. The molecule has 1 aromatic rings. The molecule has 5 heteroatoms. The number of carbonyl (C=O) groups is 2. The highest BCUT2D eigenvalue weighted by molar-refractivity contribution is 5.97. The van der Waals surface area contributed by atoms with E-state index in [-0.39, 0.29) is 24.5 Å². The van der Waals surface area contributed by atoms with Gasteiger partial charge in [0.15, 0.2) is 5.78 Å². The van der Waals surface area contributed by atoms with Crippen molar-refractivity contribution < 1.29 is 14.3 Å². The van der Waals surface area contributed by atoms with Crippen molar-refractivity contribution >= 4 is 11.7 Å². The second kappa shape index (κ2) is 8.36. The number of hydrogen-bond donors (Lipinski definition) is 1. The van der Waals surface area contributed by atoms with E-state index in [1.54, 1.807) is 25.4 Å². The van der Waals surface area contributed by atoms with E-state index < -0.39 is 0 Å². The second-order valence-electron chi connectivity index (χ2n) is 3.86. The lowest BCUT2D eigenvalue weighted by Crippen LogP contribution is -2.25. The molecule has 0 saturated heterocycles. The Kier molecular flexibility index (Phi) is 6.64. The van der Waals surface area contributed by atoms with Crippen LogP contribution < -0.4 is 5.32 Å². The summed E-state index contributed by atoms with van der Waals surface area (Å²) in [6.07, 6.45) is 4.32. The Hall–Kier alpha value is -1.75. The predicted octanol–water partition coefficient (Wildman–Crippen LogP) is 1.20. The highest BCUT2D eigenvalue weighted by atomic mass is 16.5. The lowest BCUT2D eigenvalue weighted by Gasteiger charge is -2.04. The Morgan fingerprint density at radius 2 is 2.22 bits per heavy atom. The molecule has 0 unspecified atom stereocenters. The smallest absolute Gasteiger partial charge is 0.220 e. The van der Waals surface area contributed by atoms with Crippen LogP contribution >= 0.6 is 0 Å². The quantitative estimate of drug-likeness (QED) is 0.556. The van der Waals surface area contributed by atoms with Gasteiger partial charge in [0.25, 0.3) is 0 Å². The average molecular weight is 250 g/mol. The van der Waals surface area contributed by atoms with E-state index in [4.69, 9.17) is 4.74 Å². The molecule has 0 atom stereocenters. The van der Waals surface area contributed by atoms with Crippen molar-refractivity contribution in [2.24, 2.45) is 0 Å². The number of ketones is 1. The molecule has 1 heterocycles. The molecule has 0 aliphatic heterocycles. The summed E-state index contributed by atoms with van der Waals surface area (Å²) in [5.41, 5.74) is 0.546. The van der Waals surface area contributed by atoms with Crippen LogP contribution in [0, 0.1) is 0 Å². The minimum Gasteiger partial charge on any atom is -0.385 e. The molecule has 0 aromatic carbocycles. The molecule has 0 radical (unpaired) electrons. The summed E-state index contributed by atoms with van der Waals surface area (Å²) < 4.78 is 4.87. The van der Waals surface area contributed by atoms with Gasteiger partial charge in [-0.25, -0.2) is 0 Å². The molecule has 1 amide bonds. The summed E-state index contributed by atoms with van der Waals surface area (Å²) in [5, 5.41) is 2.74. The first-order valence-electron chi connectivity index (χ1n) is 5.93. The second-order valence-corrected chi connectivity index (χ2v) is 3.86. The Morgan fingerprint density at radius 3 is 2.89 bits per heavy atom. The molecular formula is C13H18N2O3. The van der Waals surface area contributed by atoms with Gasteiger partial charge in [-0.1, -0.05) is 0 Å². The molecule has 98 valence electrons. The van der Waals surface area contributed by atoms with Crippen LogP contribution in [0.5, 0.6) is 0 Å². The van der Waals surface area contributed by atoms with Crippen molar-refractivity contribution in [1.82, 2.24) is 10.3 Å². The maximum absolute atomic E-state index is 11.7. The number of Topliss-reactive ketones (excluding diaryl/α,β-unsaturated/α-hetero) is 1. The number of nitrogens with one attached hydrogen (secondary N) is 1. The lowest BCUT2D eigenvalue weighted by atomic mass is 10.1. The average Bonchev–Trinajstić information content (AvgIpc) is 2.42. The van der Waals surface area contributed by atoms with Crippen molar-refractivity contribution in [3.63, 3.8) is 0 Å². The summed E-state index contributed by atoms with van der Waals surface area (Å²) in [7, 11) is 1.62. The first kappa shape index (κ1) is 14.3. The molecule has 5 nitrogen and oxygen atoms in total. The van der Waals surface area contributed by atoms with Crippen LogP contribution in [0.25, 0.3) is 0 Å². The van der Waals surface area contributed by atoms with Crippen LogP contribution in [-0.2, 0) is 9.53 Å². The number of methoxy groups -OCH3 is 1. The van der Waals surface area contributed by atoms with Gasteiger partial charge >= 0.3 is 0 Å². The highest BCUT2D eigenvalue weighted by Gasteiger charge is 2.08. The SMILES string of the molecule is COCCCNC(=O)CCC(=O)c1cccnc1. The number of pyridine rings is 1. The molecule has 0 fully saturated rings. The van der Waals surface area contributed by atoms with Gasteiger partial charge in [0.1, 0.15) is 0 Å². The number of amides is 1. The third-order valence-corrected chi connectivity index (χ3v) is 2.41. The largest absolute Gasteiger partial charge is 0.385 e. The first-order valence-corrected chi connectivity index (χ1v) is 5.93. The highest BCUT2D eigenvalue weighted by Crippen LogP contribution is 2.03. The molecule has 0 bridgehead atoms. The Bertz CT molecular complexity index is 379. The van der Waals surface area contributed by atoms with Crippen LogP contribution in [0.4, 0.5) is 0 Å². The maximum Gasteiger partial charge on any atom is 0.220 e. The molecule has 0 spiro atoms. The van der Waals surface area contributed by atoms with Crippen LogP contribution in [-0.4, -0.2) is 36.9 Å². The third-order valence-electron chi connectivity index (χ3n) is 2.41. The van der Waals surface area contributed by atoms with Gasteiger partial charge in [0.05, 0.1) is 0 Å². The van der Waals surface area contributed by atoms with Crippen molar-refractivity contribution in [3.05, 3.63) is 30.1 Å². The molecule has 1 rings (SSSR count). The summed E-state index contributed by atoms with van der Waals surface area (Å²) in [6, 6.07) is 3.41. The zero-order chi connectivity index (χ0) is 13.2. The Morgan fingerprint density at radius 1 is 1.39 bits per heavy atom. The number of carbonyl (C=O) groups excluding carboxylic acids is 2. The van der Waals surface area contributed by atoms with Crippen LogP contribution in [0.3, 0.4) is 0 Å². The van der Waals surface area contributed by atoms with E-state index in [1.807, 2.05) is 0 Å². The van der Waals surface area contributed by atoms with E-state index in [0.717, 1.165) is 6.42 Å². The van der Waals surface area contributed by atoms with E-state index >= 15 is 0 Å². The Labute approximate surface area is 107 Å². The molecule has 0 saturated carbocycles. The number of nitrogens with zero attached hydrogens (tertiary/aromatic N) is 1. The van der Waals surface area contributed by atoms with E-state index in [0.29, 0.717) is 18.7 Å². The van der Waals surface area contributed by atoms with Crippen molar-refractivity contribution in [3.8, 4) is 0 Å². The number of ether oxygens (including phenoxy) is 1. The van der Waals surface area contributed by atoms with Gasteiger partial charge in [-0.05, 0) is 18.6 Å². The number of hydrogen-bond acceptors (Lipinski definition) is 4. The van der Waals surface area contributed by atoms with Gasteiger partial charge in [-0.2, -0.15) is 0 Å². The van der Waals surface area contributed by atoms with Crippen LogP contribution in [0.15, 0.2) is 24.5 Å². The van der Waals surface area contributed by atoms with Crippen LogP contribution in [0.1, 0.15) is 29.6 Å². The fourth-order valence-electron chi connectivity index (χ4n) is 1.43. The summed E-state index contributed by atoms with van der Waals surface area (Å²) in [4.78, 5) is 27.0. The zero-order valence-corrected chi connectivity index (χ0v) is 10.5. The fraction of sp³-hybridized carbons (Fsp3) is 0.462. The molecule has 0 aliphatic rings. The van der Waals surface area contributed by atoms with Crippen molar-refractivity contribution in [2.45, 2.75) is 19.3 Å². The Balaban J connectivity index is 2.20. The molecule has 18 heavy (non-hydrogen) atoms. The maximum atomic E-state index is 11.7. The first-order chi connectivity index (χ1) is 8.74. The summed E-state index contributed by atoms with van der Waals surface area (Å²) >= 11 is 0. The molecule has 1 N–H and O–H groups in total. The molecular weight excluding hydrogens is 232 g/mol. The van der Waals surface area contributed by atoms with Gasteiger partial charge in [-0.3, -0.25) is 14.6 Å². The van der Waals surface area contributed by atoms with Crippen molar-refractivity contribution in [1.29, 1.82) is 0 Å². The van der Waals surface area contributed by atoms with Crippen molar-refractivity contribution in [2.75, 3.05) is 20.3 Å². The van der Waals surface area contributed by atoms with Gasteiger partial charge < -0.3 is 10.1 Å². The van der Waals surface area contributed by atoms with Gasteiger partial charge in [-0.15, -0.1) is 0 Å². The van der Waals surface area contributed by atoms with E-state index in [2.05, 4.69) is 10.3 Å². The van der Waals surface area contributed by atoms with Gasteiger partial charge in [0.2, 0.25) is 5.91 Å². The number of aromatic nitrogens is 1. The normalized spacial score (nSPS) is 10.1. The topological polar surface area (TPSA) is 68.3 Å². The minimum atomic E-state index is -0.108. The van der Waals surface area contributed by atoms with Crippen LogP contribution in [0.2, 0.25) is 0 Å². The lowest BCUT2D eigenvalue weighted by molar-refractivity contribution is -0.121.